The number of nitrogens with zero attached hydrogens (tertiary/aromatic N) is 4. The van der Waals surface area contributed by atoms with Crippen LogP contribution in [0.3, 0.4) is 0 Å². The maximum atomic E-state index is 13.5. The first-order chi connectivity index (χ1) is 27.4. The minimum absolute atomic E-state index is 0.0677. The molecule has 4 aromatic heterocycles. The van der Waals surface area contributed by atoms with Gasteiger partial charge in [0, 0.05) is 21.9 Å². The number of nitrogens with one attached hydrogen (secondary N) is 2. The van der Waals surface area contributed by atoms with Crippen molar-refractivity contribution in [3.8, 4) is 33.6 Å². The van der Waals surface area contributed by atoms with Gasteiger partial charge in [0.1, 0.15) is 9.66 Å². The summed E-state index contributed by atoms with van der Waals surface area (Å²) in [4.78, 5) is 60.9. The van der Waals surface area contributed by atoms with E-state index in [0.717, 1.165) is 22.3 Å². The average molecular weight is 817 g/mol. The predicted octanol–water partition coefficient (Wildman–Crippen LogP) is 6.39. The monoisotopic (exact) mass is 816 g/mol. The number of rotatable bonds is 10. The molecule has 0 fully saturated rings. The number of thiophene rings is 2. The van der Waals surface area contributed by atoms with Crippen molar-refractivity contribution < 1.29 is 9.59 Å². The molecule has 6 N–H and O–H groups in total. The Hall–Kier alpha value is -5.88. The highest BCUT2D eigenvalue weighted by atomic mass is 32.2. The Labute approximate surface area is 336 Å². The van der Waals surface area contributed by atoms with Crippen LogP contribution in [-0.4, -0.2) is 42.4 Å². The van der Waals surface area contributed by atoms with Crippen molar-refractivity contribution in [2.45, 2.75) is 10.3 Å². The molecule has 0 aliphatic rings. The number of para-hydroxylation sites is 2. The molecule has 0 aliphatic heterocycles. The van der Waals surface area contributed by atoms with Gasteiger partial charge >= 0.3 is 0 Å². The van der Waals surface area contributed by atoms with Crippen molar-refractivity contribution in [3.63, 3.8) is 0 Å². The quantitative estimate of drug-likeness (QED) is 0.0397. The first kappa shape index (κ1) is 38.4. The van der Waals surface area contributed by atoms with Gasteiger partial charge in [0.15, 0.2) is 10.3 Å². The maximum Gasteiger partial charge on any atom is 0.268 e. The molecule has 2 amide bonds. The first-order valence-corrected chi connectivity index (χ1v) is 20.7. The Morgan fingerprint density at radius 3 is 1.23 bits per heavy atom. The number of hydrazine groups is 2. The van der Waals surface area contributed by atoms with Gasteiger partial charge in [-0.3, -0.25) is 39.2 Å². The summed E-state index contributed by atoms with van der Waals surface area (Å²) in [5.41, 5.74) is 8.93. The van der Waals surface area contributed by atoms with Crippen molar-refractivity contribution in [3.05, 3.63) is 153 Å². The topological polar surface area (TPSA) is 180 Å². The second-order valence-electron chi connectivity index (χ2n) is 11.8. The van der Waals surface area contributed by atoms with Crippen LogP contribution in [0.15, 0.2) is 152 Å². The second kappa shape index (κ2) is 17.7. The lowest BCUT2D eigenvalue weighted by Gasteiger charge is -2.12. The lowest BCUT2D eigenvalue weighted by molar-refractivity contribution is -0.119. The van der Waals surface area contributed by atoms with E-state index in [2.05, 4.69) is 20.8 Å². The van der Waals surface area contributed by atoms with E-state index in [9.17, 15) is 19.2 Å². The summed E-state index contributed by atoms with van der Waals surface area (Å²) in [5, 5.41) is 5.96. The molecule has 0 unspecified atom stereocenters. The van der Waals surface area contributed by atoms with Crippen LogP contribution < -0.4 is 33.7 Å². The Kier molecular flexibility index (Phi) is 12.1. The van der Waals surface area contributed by atoms with Gasteiger partial charge in [0.05, 0.1) is 33.7 Å². The van der Waals surface area contributed by atoms with Crippen molar-refractivity contribution >= 4 is 78.4 Å². The number of hydrogen-bond donors (Lipinski definition) is 4. The van der Waals surface area contributed by atoms with Gasteiger partial charge in [-0.2, -0.15) is 0 Å². The smallest absolute Gasteiger partial charge is 0.268 e. The highest BCUT2D eigenvalue weighted by molar-refractivity contribution is 8.00. The standard InChI is InChI=1S/2C20H16N4O2S2/c2*21-23-16(25)12-28-20-22-18-17(15(11-27-18)13-7-3-1-4-8-13)19(26)24(20)14-9-5-2-6-10-14/h2*1-11H,12,21H2,(H,23,25). The molecule has 0 radical (unpaired) electrons. The fraction of sp³-hybridized carbons (Fsp3) is 0.0500. The molecule has 8 aromatic rings. The Balaban J connectivity index is 0.000000172. The number of hydrogen-bond acceptors (Lipinski definition) is 12. The van der Waals surface area contributed by atoms with E-state index < -0.39 is 0 Å². The highest BCUT2D eigenvalue weighted by Crippen LogP contribution is 2.34. The summed E-state index contributed by atoms with van der Waals surface area (Å²) in [5.74, 6) is 9.81. The largest absolute Gasteiger partial charge is 0.294 e. The molecule has 0 spiro atoms. The van der Waals surface area contributed by atoms with Gasteiger partial charge in [0.25, 0.3) is 11.1 Å². The van der Waals surface area contributed by atoms with Crippen LogP contribution in [0.5, 0.6) is 0 Å². The van der Waals surface area contributed by atoms with Gasteiger partial charge < -0.3 is 0 Å². The molecule has 8 rings (SSSR count). The predicted molar refractivity (Wildman–Crippen MR) is 227 cm³/mol. The van der Waals surface area contributed by atoms with Crippen LogP contribution in [0.25, 0.3) is 54.1 Å². The molecule has 12 nitrogen and oxygen atoms in total. The normalized spacial score (nSPS) is 10.9. The number of nitrogens with two attached hydrogens (primary N) is 2. The summed E-state index contributed by atoms with van der Waals surface area (Å²) in [6.45, 7) is 0. The van der Waals surface area contributed by atoms with E-state index in [1.54, 1.807) is 9.13 Å². The van der Waals surface area contributed by atoms with E-state index in [4.69, 9.17) is 11.7 Å². The molecule has 0 saturated heterocycles. The molecule has 0 bridgehead atoms. The molecule has 16 heteroatoms. The Morgan fingerprint density at radius 2 is 0.893 bits per heavy atom. The lowest BCUT2D eigenvalue weighted by Crippen LogP contribution is -2.32. The van der Waals surface area contributed by atoms with Gasteiger partial charge in [-0.25, -0.2) is 21.7 Å². The third kappa shape index (κ3) is 8.20. The molecule has 56 heavy (non-hydrogen) atoms. The van der Waals surface area contributed by atoms with Crippen LogP contribution >= 0.6 is 46.2 Å². The summed E-state index contributed by atoms with van der Waals surface area (Å²) >= 11 is 5.19. The number of amides is 2. The van der Waals surface area contributed by atoms with Crippen LogP contribution in [0.4, 0.5) is 0 Å². The number of benzene rings is 4. The fourth-order valence-electron chi connectivity index (χ4n) is 5.75. The zero-order valence-corrected chi connectivity index (χ0v) is 32.6. The molecule has 4 heterocycles. The van der Waals surface area contributed by atoms with E-state index in [1.807, 2.05) is 132 Å². The third-order valence-corrected chi connectivity index (χ3v) is 12.0. The third-order valence-electron chi connectivity index (χ3n) is 8.34. The van der Waals surface area contributed by atoms with Crippen LogP contribution in [-0.2, 0) is 9.59 Å². The Bertz CT molecular complexity index is 2570. The zero-order chi connectivity index (χ0) is 39.0. The van der Waals surface area contributed by atoms with Gasteiger partial charge in [-0.15, -0.1) is 22.7 Å². The minimum Gasteiger partial charge on any atom is -0.294 e. The molecule has 0 atom stereocenters. The van der Waals surface area contributed by atoms with Crippen LogP contribution in [0.2, 0.25) is 0 Å². The average Bonchev–Trinajstić information content (AvgIpc) is 3.89. The molecule has 0 saturated carbocycles. The van der Waals surface area contributed by atoms with E-state index >= 15 is 0 Å². The van der Waals surface area contributed by atoms with Gasteiger partial charge in [-0.05, 0) is 35.4 Å². The van der Waals surface area contributed by atoms with Crippen molar-refractivity contribution in [1.82, 2.24) is 30.0 Å². The van der Waals surface area contributed by atoms with Crippen LogP contribution in [0.1, 0.15) is 0 Å². The minimum atomic E-state index is -0.338. The van der Waals surface area contributed by atoms with Crippen molar-refractivity contribution in [2.24, 2.45) is 11.7 Å². The SMILES string of the molecule is NNC(=O)CSc1nc2scc(-c3ccccc3)c2c(=O)n1-c1ccccc1.NNC(=O)CSc1nc2scc(-c3ccccc3)c2c(=O)n1-c1ccccc1. The fourth-order valence-corrected chi connectivity index (χ4v) is 9.38. The number of aromatic nitrogens is 4. The van der Waals surface area contributed by atoms with Crippen molar-refractivity contribution in [2.75, 3.05) is 11.5 Å². The van der Waals surface area contributed by atoms with Crippen molar-refractivity contribution in [1.29, 1.82) is 0 Å². The van der Waals surface area contributed by atoms with Crippen LogP contribution in [0, 0.1) is 0 Å². The number of carbonyl (C=O) groups excluding carboxylic acids is 2. The van der Waals surface area contributed by atoms with Gasteiger partial charge in [0.2, 0.25) is 11.8 Å². The molecular formula is C40H32N8O4S4. The molecule has 0 aliphatic carbocycles. The molecule has 4 aromatic carbocycles. The first-order valence-electron chi connectivity index (χ1n) is 16.9. The maximum absolute atomic E-state index is 13.5. The summed E-state index contributed by atoms with van der Waals surface area (Å²) in [7, 11) is 0. The summed E-state index contributed by atoms with van der Waals surface area (Å²) in [6.07, 6.45) is 0. The zero-order valence-electron chi connectivity index (χ0n) is 29.3. The number of thioether (sulfide) groups is 2. The number of carbonyl (C=O) groups is 2. The highest BCUT2D eigenvalue weighted by Gasteiger charge is 2.21. The molecule has 280 valence electrons. The summed E-state index contributed by atoms with van der Waals surface area (Å²) in [6, 6.07) is 38.1. The summed E-state index contributed by atoms with van der Waals surface area (Å²) < 4.78 is 3.10. The van der Waals surface area contributed by atoms with E-state index in [-0.39, 0.29) is 34.4 Å². The van der Waals surface area contributed by atoms with E-state index in [0.29, 0.717) is 42.1 Å². The second-order valence-corrected chi connectivity index (χ2v) is 15.4. The Morgan fingerprint density at radius 1 is 0.554 bits per heavy atom. The lowest BCUT2D eigenvalue weighted by atomic mass is 10.1. The van der Waals surface area contributed by atoms with E-state index in [1.165, 1.54) is 46.2 Å². The number of fused-ring (bicyclic) bond motifs is 2. The van der Waals surface area contributed by atoms with Gasteiger partial charge in [-0.1, -0.05) is 121 Å². The molecular weight excluding hydrogens is 785 g/mol.